The Hall–Kier alpha value is -1.84. The Morgan fingerprint density at radius 3 is 2.37 bits per heavy atom. The number of carboxylic acid groups (broad SMARTS) is 1. The number of amides is 1. The van der Waals surface area contributed by atoms with Crippen molar-refractivity contribution in [3.8, 4) is 0 Å². The first-order valence-electron chi connectivity index (χ1n) is 6.56. The number of carbonyl (C=O) groups excluding carboxylic acids is 1. The van der Waals surface area contributed by atoms with Crippen LogP contribution in [0, 0.1) is 0 Å². The van der Waals surface area contributed by atoms with E-state index in [9.17, 15) is 9.59 Å². The molecule has 0 spiro atoms. The fraction of sp³-hybridized carbons (Fsp3) is 0.467. The molecule has 0 heterocycles. The van der Waals surface area contributed by atoms with Crippen molar-refractivity contribution in [2.24, 2.45) is 0 Å². The van der Waals surface area contributed by atoms with Crippen molar-refractivity contribution >= 4 is 11.9 Å². The van der Waals surface area contributed by atoms with E-state index in [-0.39, 0.29) is 18.4 Å². The number of benzene rings is 1. The summed E-state index contributed by atoms with van der Waals surface area (Å²) in [6.07, 6.45) is 0.960. The second-order valence-corrected chi connectivity index (χ2v) is 4.84. The number of hydrogen-bond acceptors (Lipinski definition) is 2. The lowest BCUT2D eigenvalue weighted by Crippen LogP contribution is -2.38. The Bertz CT molecular complexity index is 415. The fourth-order valence-electron chi connectivity index (χ4n) is 1.94. The van der Waals surface area contributed by atoms with E-state index >= 15 is 0 Å². The van der Waals surface area contributed by atoms with Crippen molar-refractivity contribution < 1.29 is 14.7 Å². The van der Waals surface area contributed by atoms with Gasteiger partial charge >= 0.3 is 5.97 Å². The molecule has 0 aliphatic heterocycles. The molecule has 1 amide bonds. The number of aliphatic carboxylic acids is 1. The smallest absolute Gasteiger partial charge is 0.303 e. The minimum Gasteiger partial charge on any atom is -0.481 e. The molecule has 1 aromatic rings. The Balaban J connectivity index is 2.55. The zero-order chi connectivity index (χ0) is 14.3. The quantitative estimate of drug-likeness (QED) is 0.821. The standard InChI is InChI=1S/C15H21NO3/c1-12(2)16(10-6-9-15(18)19)14(17)11-13-7-4-3-5-8-13/h3-5,7-8,12H,6,9-11H2,1-2H3,(H,18,19). The maximum Gasteiger partial charge on any atom is 0.303 e. The third kappa shape index (κ3) is 5.55. The van der Waals surface area contributed by atoms with Gasteiger partial charge in [-0.25, -0.2) is 0 Å². The Labute approximate surface area is 114 Å². The lowest BCUT2D eigenvalue weighted by Gasteiger charge is -2.26. The largest absolute Gasteiger partial charge is 0.481 e. The van der Waals surface area contributed by atoms with Gasteiger partial charge in [0.15, 0.2) is 0 Å². The van der Waals surface area contributed by atoms with Crippen molar-refractivity contribution in [2.45, 2.75) is 39.2 Å². The van der Waals surface area contributed by atoms with Gasteiger partial charge in [-0.3, -0.25) is 9.59 Å². The van der Waals surface area contributed by atoms with Gasteiger partial charge in [-0.1, -0.05) is 30.3 Å². The monoisotopic (exact) mass is 263 g/mol. The van der Waals surface area contributed by atoms with Crippen molar-refractivity contribution in [2.75, 3.05) is 6.54 Å². The van der Waals surface area contributed by atoms with Gasteiger partial charge in [0.2, 0.25) is 5.91 Å². The van der Waals surface area contributed by atoms with Gasteiger partial charge in [0.1, 0.15) is 0 Å². The molecule has 1 rings (SSSR count). The summed E-state index contributed by atoms with van der Waals surface area (Å²) in [5, 5.41) is 8.64. The molecule has 104 valence electrons. The SMILES string of the molecule is CC(C)N(CCCC(=O)O)C(=O)Cc1ccccc1. The third-order valence-electron chi connectivity index (χ3n) is 2.93. The molecule has 0 saturated heterocycles. The zero-order valence-electron chi connectivity index (χ0n) is 11.5. The van der Waals surface area contributed by atoms with Crippen molar-refractivity contribution in [1.82, 2.24) is 4.90 Å². The van der Waals surface area contributed by atoms with E-state index in [1.165, 1.54) is 0 Å². The van der Waals surface area contributed by atoms with Gasteiger partial charge < -0.3 is 10.0 Å². The molecule has 4 nitrogen and oxygen atoms in total. The molecule has 0 bridgehead atoms. The van der Waals surface area contributed by atoms with Crippen LogP contribution in [0.15, 0.2) is 30.3 Å². The number of nitrogens with zero attached hydrogens (tertiary/aromatic N) is 1. The summed E-state index contributed by atoms with van der Waals surface area (Å²) in [5.41, 5.74) is 0.983. The predicted molar refractivity (Wildman–Crippen MR) is 73.9 cm³/mol. The molecule has 1 N–H and O–H groups in total. The average Bonchev–Trinajstić information content (AvgIpc) is 2.35. The highest BCUT2D eigenvalue weighted by Crippen LogP contribution is 2.08. The Morgan fingerprint density at radius 1 is 1.21 bits per heavy atom. The summed E-state index contributed by atoms with van der Waals surface area (Å²) in [6, 6.07) is 9.67. The van der Waals surface area contributed by atoms with Gasteiger partial charge in [-0.15, -0.1) is 0 Å². The van der Waals surface area contributed by atoms with Crippen LogP contribution in [0.2, 0.25) is 0 Å². The van der Waals surface area contributed by atoms with E-state index in [1.54, 1.807) is 4.90 Å². The maximum atomic E-state index is 12.2. The van der Waals surface area contributed by atoms with Crippen LogP contribution in [-0.2, 0) is 16.0 Å². The molecule has 0 fully saturated rings. The van der Waals surface area contributed by atoms with E-state index in [1.807, 2.05) is 44.2 Å². The molecule has 0 atom stereocenters. The minimum absolute atomic E-state index is 0.0478. The lowest BCUT2D eigenvalue weighted by atomic mass is 10.1. The summed E-state index contributed by atoms with van der Waals surface area (Å²) in [7, 11) is 0. The van der Waals surface area contributed by atoms with Crippen molar-refractivity contribution in [3.05, 3.63) is 35.9 Å². The number of hydrogen-bond donors (Lipinski definition) is 1. The third-order valence-corrected chi connectivity index (χ3v) is 2.93. The lowest BCUT2D eigenvalue weighted by molar-refractivity contribution is -0.138. The summed E-state index contributed by atoms with van der Waals surface area (Å²) < 4.78 is 0. The van der Waals surface area contributed by atoms with Crippen LogP contribution in [-0.4, -0.2) is 34.5 Å². The van der Waals surface area contributed by atoms with E-state index in [0.717, 1.165) is 5.56 Å². The average molecular weight is 263 g/mol. The predicted octanol–water partition coefficient (Wildman–Crippen LogP) is 2.33. The van der Waals surface area contributed by atoms with E-state index in [4.69, 9.17) is 5.11 Å². The molecule has 0 aromatic heterocycles. The highest BCUT2D eigenvalue weighted by molar-refractivity contribution is 5.79. The molecule has 4 heteroatoms. The zero-order valence-corrected chi connectivity index (χ0v) is 11.5. The molecule has 0 aliphatic carbocycles. The molecule has 19 heavy (non-hydrogen) atoms. The van der Waals surface area contributed by atoms with Crippen LogP contribution in [0.25, 0.3) is 0 Å². The van der Waals surface area contributed by atoms with E-state index in [0.29, 0.717) is 19.4 Å². The number of rotatable bonds is 7. The summed E-state index contributed by atoms with van der Waals surface area (Å²) in [5.74, 6) is -0.772. The van der Waals surface area contributed by atoms with Crippen LogP contribution >= 0.6 is 0 Å². The van der Waals surface area contributed by atoms with Gasteiger partial charge in [-0.05, 0) is 25.8 Å². The van der Waals surface area contributed by atoms with E-state index < -0.39 is 5.97 Å². The molecule has 1 aromatic carbocycles. The number of carboxylic acids is 1. The van der Waals surface area contributed by atoms with Crippen molar-refractivity contribution in [1.29, 1.82) is 0 Å². The Morgan fingerprint density at radius 2 is 1.84 bits per heavy atom. The van der Waals surface area contributed by atoms with E-state index in [2.05, 4.69) is 0 Å². The van der Waals surface area contributed by atoms with Crippen molar-refractivity contribution in [3.63, 3.8) is 0 Å². The molecular weight excluding hydrogens is 242 g/mol. The first-order valence-corrected chi connectivity index (χ1v) is 6.56. The van der Waals surface area contributed by atoms with Crippen LogP contribution < -0.4 is 0 Å². The first-order chi connectivity index (χ1) is 9.00. The minimum atomic E-state index is -0.820. The highest BCUT2D eigenvalue weighted by atomic mass is 16.4. The molecule has 0 saturated carbocycles. The first kappa shape index (κ1) is 15.2. The van der Waals surface area contributed by atoms with Gasteiger partial charge in [0.05, 0.1) is 6.42 Å². The van der Waals surface area contributed by atoms with Crippen LogP contribution in [0.4, 0.5) is 0 Å². The fourth-order valence-corrected chi connectivity index (χ4v) is 1.94. The Kier molecular flexibility index (Phi) is 6.06. The maximum absolute atomic E-state index is 12.2. The second-order valence-electron chi connectivity index (χ2n) is 4.84. The highest BCUT2D eigenvalue weighted by Gasteiger charge is 2.17. The summed E-state index contributed by atoms with van der Waals surface area (Å²) in [4.78, 5) is 24.5. The number of carbonyl (C=O) groups is 2. The molecule has 0 radical (unpaired) electrons. The topological polar surface area (TPSA) is 57.6 Å². The normalized spacial score (nSPS) is 10.5. The summed E-state index contributed by atoms with van der Waals surface area (Å²) in [6.45, 7) is 4.39. The van der Waals surface area contributed by atoms with Crippen LogP contribution in [0.1, 0.15) is 32.3 Å². The second kappa shape index (κ2) is 7.56. The van der Waals surface area contributed by atoms with Crippen LogP contribution in [0.3, 0.4) is 0 Å². The van der Waals surface area contributed by atoms with Crippen LogP contribution in [0.5, 0.6) is 0 Å². The van der Waals surface area contributed by atoms with Gasteiger partial charge in [-0.2, -0.15) is 0 Å². The van der Waals surface area contributed by atoms with Gasteiger partial charge in [0, 0.05) is 19.0 Å². The molecule has 0 aliphatic rings. The molecule has 0 unspecified atom stereocenters. The van der Waals surface area contributed by atoms with Gasteiger partial charge in [0.25, 0.3) is 0 Å². The summed E-state index contributed by atoms with van der Waals surface area (Å²) >= 11 is 0. The molecular formula is C15H21NO3.